The van der Waals surface area contributed by atoms with Gasteiger partial charge in [0.1, 0.15) is 0 Å². The number of Topliss-reactive ketones (excluding diaryl/α,β-unsaturated/α-hetero) is 1. The molecule has 2 aromatic carbocycles. The molecular formula is C20H23ClN2O3S. The second-order valence-corrected chi connectivity index (χ2v) is 9.16. The molecular weight excluding hydrogens is 384 g/mol. The van der Waals surface area contributed by atoms with Crippen LogP contribution in [0.1, 0.15) is 22.3 Å². The number of rotatable bonds is 6. The topological polar surface area (TPSA) is 57.7 Å². The third-order valence-corrected chi connectivity index (χ3v) is 7.00. The van der Waals surface area contributed by atoms with E-state index in [1.54, 1.807) is 48.5 Å². The van der Waals surface area contributed by atoms with Crippen molar-refractivity contribution in [3.8, 4) is 0 Å². The molecule has 1 aliphatic heterocycles. The van der Waals surface area contributed by atoms with E-state index in [4.69, 9.17) is 11.6 Å². The second-order valence-electron chi connectivity index (χ2n) is 6.78. The number of ketones is 1. The van der Waals surface area contributed by atoms with E-state index >= 15 is 0 Å². The van der Waals surface area contributed by atoms with Crippen LogP contribution in [-0.4, -0.2) is 56.6 Å². The predicted molar refractivity (Wildman–Crippen MR) is 107 cm³/mol. The molecule has 7 heteroatoms. The minimum absolute atomic E-state index is 0.0424. The van der Waals surface area contributed by atoms with Gasteiger partial charge in [0.05, 0.1) is 4.90 Å². The third kappa shape index (κ3) is 4.96. The number of likely N-dealkylation sites (N-methyl/N-ethyl adjacent to an activating group) is 1. The Labute approximate surface area is 165 Å². The lowest BCUT2D eigenvalue weighted by Crippen LogP contribution is -2.46. The number of hydrogen-bond acceptors (Lipinski definition) is 4. The summed E-state index contributed by atoms with van der Waals surface area (Å²) >= 11 is 5.84. The molecule has 3 rings (SSSR count). The lowest BCUT2D eigenvalue weighted by molar-refractivity contribution is 0.0983. The number of nitrogens with zero attached hydrogens (tertiary/aromatic N) is 2. The first-order valence-electron chi connectivity index (χ1n) is 8.93. The number of hydrogen-bond donors (Lipinski definition) is 0. The summed E-state index contributed by atoms with van der Waals surface area (Å²) in [5.41, 5.74) is 1.57. The van der Waals surface area contributed by atoms with Crippen LogP contribution in [0.4, 0.5) is 0 Å². The molecule has 0 spiro atoms. The lowest BCUT2D eigenvalue weighted by atomic mass is 10.0. The van der Waals surface area contributed by atoms with Crippen LogP contribution >= 0.6 is 11.6 Å². The number of carbonyl (C=O) groups is 1. The molecule has 0 bridgehead atoms. The normalized spacial score (nSPS) is 16.4. The van der Waals surface area contributed by atoms with E-state index < -0.39 is 10.0 Å². The van der Waals surface area contributed by atoms with Crippen LogP contribution in [0, 0.1) is 0 Å². The van der Waals surface area contributed by atoms with Crippen LogP contribution in [0.3, 0.4) is 0 Å². The van der Waals surface area contributed by atoms with Crippen molar-refractivity contribution in [2.24, 2.45) is 0 Å². The lowest BCUT2D eigenvalue weighted by Gasteiger charge is -2.31. The molecule has 0 saturated carbocycles. The molecule has 0 radical (unpaired) electrons. The van der Waals surface area contributed by atoms with E-state index in [0.717, 1.165) is 18.7 Å². The van der Waals surface area contributed by atoms with Crippen LogP contribution < -0.4 is 0 Å². The van der Waals surface area contributed by atoms with E-state index in [1.165, 1.54) is 4.31 Å². The first-order chi connectivity index (χ1) is 12.9. The van der Waals surface area contributed by atoms with Crippen molar-refractivity contribution in [3.63, 3.8) is 0 Å². The Morgan fingerprint density at radius 3 is 2.15 bits per heavy atom. The van der Waals surface area contributed by atoms with Gasteiger partial charge in [-0.3, -0.25) is 4.79 Å². The summed E-state index contributed by atoms with van der Waals surface area (Å²) < 4.78 is 27.0. The Bertz CT molecular complexity index is 888. The Morgan fingerprint density at radius 2 is 1.56 bits per heavy atom. The molecule has 0 N–H and O–H groups in total. The van der Waals surface area contributed by atoms with Crippen molar-refractivity contribution in [1.82, 2.24) is 9.21 Å². The fourth-order valence-corrected chi connectivity index (χ4v) is 4.59. The molecule has 1 fully saturated rings. The van der Waals surface area contributed by atoms with E-state index in [9.17, 15) is 13.2 Å². The molecule has 144 valence electrons. The van der Waals surface area contributed by atoms with Gasteiger partial charge >= 0.3 is 0 Å². The van der Waals surface area contributed by atoms with Gasteiger partial charge in [-0.2, -0.15) is 4.31 Å². The van der Waals surface area contributed by atoms with Crippen molar-refractivity contribution in [2.75, 3.05) is 33.2 Å². The van der Waals surface area contributed by atoms with Gasteiger partial charge < -0.3 is 4.90 Å². The van der Waals surface area contributed by atoms with E-state index in [2.05, 4.69) is 4.90 Å². The van der Waals surface area contributed by atoms with Crippen LogP contribution in [0.15, 0.2) is 53.4 Å². The molecule has 0 atom stereocenters. The number of carbonyl (C=O) groups excluding carboxylic acids is 1. The molecule has 0 aromatic heterocycles. The average Bonchev–Trinajstić information content (AvgIpc) is 2.67. The van der Waals surface area contributed by atoms with Gasteiger partial charge in [-0.1, -0.05) is 23.7 Å². The summed E-state index contributed by atoms with van der Waals surface area (Å²) in [4.78, 5) is 14.7. The number of aryl methyl sites for hydroxylation is 1. The van der Waals surface area contributed by atoms with Crippen molar-refractivity contribution in [2.45, 2.75) is 17.7 Å². The SMILES string of the molecule is CN1CCN(S(=O)(=O)c2ccc(CCC(=O)c3ccc(Cl)cc3)cc2)CC1. The quantitative estimate of drug-likeness (QED) is 0.692. The summed E-state index contributed by atoms with van der Waals surface area (Å²) in [6, 6.07) is 13.7. The van der Waals surface area contributed by atoms with Gasteiger partial charge in [-0.25, -0.2) is 8.42 Å². The van der Waals surface area contributed by atoms with Crippen molar-refractivity contribution < 1.29 is 13.2 Å². The fourth-order valence-electron chi connectivity index (χ4n) is 3.04. The maximum Gasteiger partial charge on any atom is 0.243 e. The minimum atomic E-state index is -3.45. The van der Waals surface area contributed by atoms with Gasteiger partial charge in [0, 0.05) is 43.2 Å². The zero-order chi connectivity index (χ0) is 19.4. The smallest absolute Gasteiger partial charge is 0.243 e. The number of halogens is 1. The van der Waals surface area contributed by atoms with E-state index in [1.807, 2.05) is 7.05 Å². The highest BCUT2D eigenvalue weighted by Gasteiger charge is 2.27. The minimum Gasteiger partial charge on any atom is -0.304 e. The van der Waals surface area contributed by atoms with Crippen molar-refractivity contribution in [3.05, 3.63) is 64.7 Å². The average molecular weight is 407 g/mol. The summed E-state index contributed by atoms with van der Waals surface area (Å²) in [6.45, 7) is 2.50. The first kappa shape index (κ1) is 20.0. The van der Waals surface area contributed by atoms with Crippen molar-refractivity contribution >= 4 is 27.4 Å². The Morgan fingerprint density at radius 1 is 0.963 bits per heavy atom. The summed E-state index contributed by atoms with van der Waals surface area (Å²) in [5.74, 6) is 0.0424. The molecule has 1 saturated heterocycles. The maximum atomic E-state index is 12.7. The van der Waals surface area contributed by atoms with Gasteiger partial charge in [0.15, 0.2) is 5.78 Å². The number of piperazine rings is 1. The molecule has 1 heterocycles. The van der Waals surface area contributed by atoms with Crippen LogP contribution in [-0.2, 0) is 16.4 Å². The molecule has 0 aliphatic carbocycles. The van der Waals surface area contributed by atoms with E-state index in [-0.39, 0.29) is 5.78 Å². The van der Waals surface area contributed by atoms with E-state index in [0.29, 0.717) is 41.4 Å². The zero-order valence-corrected chi connectivity index (χ0v) is 16.8. The molecule has 0 unspecified atom stereocenters. The number of sulfonamides is 1. The zero-order valence-electron chi connectivity index (χ0n) is 15.3. The molecule has 1 aliphatic rings. The van der Waals surface area contributed by atoms with Gasteiger partial charge in [-0.15, -0.1) is 0 Å². The second kappa shape index (κ2) is 8.52. The molecule has 0 amide bonds. The van der Waals surface area contributed by atoms with Gasteiger partial charge in [0.25, 0.3) is 0 Å². The summed E-state index contributed by atoms with van der Waals surface area (Å²) in [5, 5.41) is 0.601. The highest BCUT2D eigenvalue weighted by atomic mass is 35.5. The van der Waals surface area contributed by atoms with Gasteiger partial charge in [-0.05, 0) is 55.4 Å². The highest BCUT2D eigenvalue weighted by Crippen LogP contribution is 2.19. The number of benzene rings is 2. The van der Waals surface area contributed by atoms with Crippen LogP contribution in [0.25, 0.3) is 0 Å². The summed E-state index contributed by atoms with van der Waals surface area (Å²) in [6.07, 6.45) is 0.933. The van der Waals surface area contributed by atoms with Crippen LogP contribution in [0.2, 0.25) is 5.02 Å². The third-order valence-electron chi connectivity index (χ3n) is 4.83. The first-order valence-corrected chi connectivity index (χ1v) is 10.7. The van der Waals surface area contributed by atoms with Gasteiger partial charge in [0.2, 0.25) is 10.0 Å². The largest absolute Gasteiger partial charge is 0.304 e. The predicted octanol–water partition coefficient (Wildman–Crippen LogP) is 3.09. The van der Waals surface area contributed by atoms with Crippen LogP contribution in [0.5, 0.6) is 0 Å². The Balaban J connectivity index is 1.61. The fraction of sp³-hybridized carbons (Fsp3) is 0.350. The Hall–Kier alpha value is -1.73. The maximum absolute atomic E-state index is 12.7. The monoisotopic (exact) mass is 406 g/mol. The molecule has 5 nitrogen and oxygen atoms in total. The summed E-state index contributed by atoms with van der Waals surface area (Å²) in [7, 11) is -1.46. The molecule has 2 aromatic rings. The van der Waals surface area contributed by atoms with Crippen molar-refractivity contribution in [1.29, 1.82) is 0 Å². The Kier molecular flexibility index (Phi) is 6.32. The standard InChI is InChI=1S/C20H23ClN2O3S/c1-22-12-14-23(15-13-22)27(25,26)19-9-2-16(3-10-19)4-11-20(24)17-5-7-18(21)8-6-17/h2-3,5-10H,4,11-15H2,1H3. The molecule has 27 heavy (non-hydrogen) atoms. The highest BCUT2D eigenvalue weighted by molar-refractivity contribution is 7.89.